The standard InChI is InChI=1S/C6H14O6.C6H12O6.C5H12O5/c2*7-1-3(9)5(11)6(12)4(10)2-8;6-1-3(8)5(10)4(9)2-7/h3-12H,1-2H2;3,5-9,11-12H,1-2H2;3-10H,1-2H2/t3-,4-,5-,6-;3-,5+,6+;3-,4+,5?/m11./s1. The number of aliphatic hydroxyl groups is 16. The fourth-order valence-electron chi connectivity index (χ4n) is 1.75. The Balaban J connectivity index is -0.000000426. The Hall–Kier alpha value is -0.970. The zero-order valence-corrected chi connectivity index (χ0v) is 18.1. The average molecular weight is 514 g/mol. The number of aliphatic hydroxyl groups excluding tert-OH is 16. The van der Waals surface area contributed by atoms with Crippen molar-refractivity contribution in [1.82, 2.24) is 0 Å². The summed E-state index contributed by atoms with van der Waals surface area (Å²) in [5.41, 5.74) is 0. The van der Waals surface area contributed by atoms with Crippen LogP contribution in [-0.4, -0.2) is 188 Å². The van der Waals surface area contributed by atoms with Crippen molar-refractivity contribution in [3.05, 3.63) is 0 Å². The molecular formula is C17H38O17. The molecule has 0 heterocycles. The Kier molecular flexibility index (Phi) is 23.6. The van der Waals surface area contributed by atoms with Gasteiger partial charge in [-0.05, 0) is 0 Å². The van der Waals surface area contributed by atoms with Gasteiger partial charge in [0.1, 0.15) is 67.6 Å². The van der Waals surface area contributed by atoms with Gasteiger partial charge >= 0.3 is 0 Å². The Morgan fingerprint density at radius 1 is 0.412 bits per heavy atom. The molecule has 0 spiro atoms. The highest BCUT2D eigenvalue weighted by molar-refractivity contribution is 5.84. The summed E-state index contributed by atoms with van der Waals surface area (Å²) in [6, 6.07) is 0. The van der Waals surface area contributed by atoms with Crippen LogP contribution in [0.2, 0.25) is 0 Å². The van der Waals surface area contributed by atoms with Crippen LogP contribution in [0.5, 0.6) is 0 Å². The van der Waals surface area contributed by atoms with Crippen LogP contribution in [0.15, 0.2) is 0 Å². The molecule has 16 N–H and O–H groups in total. The van der Waals surface area contributed by atoms with Gasteiger partial charge in [0.05, 0.1) is 33.0 Å². The Bertz CT molecular complexity index is 459. The molecule has 0 aliphatic carbocycles. The average Bonchev–Trinajstić information content (AvgIpc) is 2.88. The van der Waals surface area contributed by atoms with E-state index in [-0.39, 0.29) is 0 Å². The lowest BCUT2D eigenvalue weighted by Gasteiger charge is -2.24. The van der Waals surface area contributed by atoms with Crippen LogP contribution in [0.4, 0.5) is 0 Å². The first-order chi connectivity index (χ1) is 15.7. The summed E-state index contributed by atoms with van der Waals surface area (Å²) in [6.07, 6.45) is -15.9. The van der Waals surface area contributed by atoms with E-state index in [0.717, 1.165) is 0 Å². The molecule has 0 fully saturated rings. The van der Waals surface area contributed by atoms with Gasteiger partial charge in [0, 0.05) is 0 Å². The molecule has 0 aromatic carbocycles. The third-order valence-corrected chi connectivity index (χ3v) is 4.07. The van der Waals surface area contributed by atoms with Gasteiger partial charge in [-0.1, -0.05) is 0 Å². The monoisotopic (exact) mass is 514 g/mol. The summed E-state index contributed by atoms with van der Waals surface area (Å²) in [5.74, 6) is -1.00. The number of hydrogen-bond donors (Lipinski definition) is 16. The van der Waals surface area contributed by atoms with E-state index < -0.39 is 106 Å². The lowest BCUT2D eigenvalue weighted by atomic mass is 10.0. The van der Waals surface area contributed by atoms with E-state index in [1.165, 1.54) is 0 Å². The number of hydrogen-bond acceptors (Lipinski definition) is 17. The quantitative estimate of drug-likeness (QED) is 0.102. The molecule has 34 heavy (non-hydrogen) atoms. The minimum absolute atomic E-state index is 0.641. The Morgan fingerprint density at radius 2 is 0.647 bits per heavy atom. The lowest BCUT2D eigenvalue weighted by molar-refractivity contribution is -0.142. The second kappa shape index (κ2) is 21.3. The number of Topliss-reactive ketones (excluding diaryl/α,β-unsaturated/α-hetero) is 1. The second-order valence-electron chi connectivity index (χ2n) is 6.78. The maximum absolute atomic E-state index is 10.5. The summed E-state index contributed by atoms with van der Waals surface area (Å²) in [5, 5.41) is 138. The van der Waals surface area contributed by atoms with E-state index in [0.29, 0.717) is 0 Å². The molecule has 0 aliphatic heterocycles. The Morgan fingerprint density at radius 3 is 0.882 bits per heavy atom. The highest BCUT2D eigenvalue weighted by Crippen LogP contribution is 2.04. The molecule has 0 amide bonds. The summed E-state index contributed by atoms with van der Waals surface area (Å²) >= 11 is 0. The van der Waals surface area contributed by atoms with Gasteiger partial charge in [0.2, 0.25) is 0 Å². The van der Waals surface area contributed by atoms with Crippen LogP contribution in [-0.2, 0) is 4.79 Å². The molecule has 17 nitrogen and oxygen atoms in total. The molecule has 0 radical (unpaired) electrons. The van der Waals surface area contributed by atoms with Crippen molar-refractivity contribution in [3.63, 3.8) is 0 Å². The molecule has 0 bridgehead atoms. The van der Waals surface area contributed by atoms with Gasteiger partial charge in [0.25, 0.3) is 0 Å². The summed E-state index contributed by atoms with van der Waals surface area (Å²) in [6.45, 7) is -4.42. The van der Waals surface area contributed by atoms with Crippen molar-refractivity contribution >= 4 is 5.78 Å². The molecule has 0 aromatic rings. The summed E-state index contributed by atoms with van der Waals surface area (Å²) in [4.78, 5) is 10.5. The van der Waals surface area contributed by atoms with Gasteiger partial charge in [0.15, 0.2) is 5.78 Å². The molecule has 0 aromatic heterocycles. The van der Waals surface area contributed by atoms with Crippen LogP contribution in [0.3, 0.4) is 0 Å². The van der Waals surface area contributed by atoms with Crippen LogP contribution in [0, 0.1) is 0 Å². The zero-order chi connectivity index (χ0) is 27.6. The van der Waals surface area contributed by atoms with E-state index in [1.54, 1.807) is 0 Å². The third-order valence-electron chi connectivity index (χ3n) is 4.07. The van der Waals surface area contributed by atoms with Gasteiger partial charge in [-0.2, -0.15) is 0 Å². The molecule has 0 saturated carbocycles. The van der Waals surface area contributed by atoms with E-state index in [2.05, 4.69) is 0 Å². The van der Waals surface area contributed by atoms with E-state index in [4.69, 9.17) is 81.7 Å². The van der Waals surface area contributed by atoms with Crippen molar-refractivity contribution in [3.8, 4) is 0 Å². The van der Waals surface area contributed by atoms with Crippen molar-refractivity contribution < 1.29 is 86.5 Å². The third kappa shape index (κ3) is 15.1. The predicted octanol–water partition coefficient (Wildman–Crippen LogP) is -9.91. The number of ketones is 1. The van der Waals surface area contributed by atoms with Crippen LogP contribution < -0.4 is 0 Å². The molecule has 10 atom stereocenters. The lowest BCUT2D eigenvalue weighted by Crippen LogP contribution is -2.46. The molecule has 208 valence electrons. The first kappa shape index (κ1) is 37.6. The first-order valence-corrected chi connectivity index (χ1v) is 9.70. The number of rotatable bonds is 14. The fourth-order valence-corrected chi connectivity index (χ4v) is 1.75. The highest BCUT2D eigenvalue weighted by Gasteiger charge is 2.30. The van der Waals surface area contributed by atoms with Crippen molar-refractivity contribution in [2.45, 2.75) is 61.0 Å². The number of carbonyl (C=O) groups excluding carboxylic acids is 1. The van der Waals surface area contributed by atoms with Gasteiger partial charge in [-0.3, -0.25) is 4.79 Å². The minimum atomic E-state index is -1.86. The largest absolute Gasteiger partial charge is 0.394 e. The topological polar surface area (TPSA) is 341 Å². The predicted molar refractivity (Wildman–Crippen MR) is 108 cm³/mol. The van der Waals surface area contributed by atoms with Gasteiger partial charge in [-0.25, -0.2) is 0 Å². The second-order valence-corrected chi connectivity index (χ2v) is 6.78. The molecule has 0 rings (SSSR count). The van der Waals surface area contributed by atoms with Gasteiger partial charge < -0.3 is 81.7 Å². The SMILES string of the molecule is O=C(CO)[C@H](O)[C@@H](O)[C@H](O)CO.OC[C@@H](O)C(O)[C@@H](O)CO.OC[C@@H](O)[C@@H](O)[C@H](O)[C@H](O)CO. The van der Waals surface area contributed by atoms with E-state index >= 15 is 0 Å². The van der Waals surface area contributed by atoms with Gasteiger partial charge in [-0.15, -0.1) is 0 Å². The normalized spacial score (nSPS) is 20.0. The van der Waals surface area contributed by atoms with E-state index in [1.807, 2.05) is 0 Å². The molecule has 1 unspecified atom stereocenters. The zero-order valence-electron chi connectivity index (χ0n) is 18.1. The van der Waals surface area contributed by atoms with Crippen molar-refractivity contribution in [2.24, 2.45) is 0 Å². The van der Waals surface area contributed by atoms with Crippen LogP contribution in [0.1, 0.15) is 0 Å². The minimum Gasteiger partial charge on any atom is -0.394 e. The smallest absolute Gasteiger partial charge is 0.189 e. The summed E-state index contributed by atoms with van der Waals surface area (Å²) in [7, 11) is 0. The molecule has 17 heteroatoms. The summed E-state index contributed by atoms with van der Waals surface area (Å²) < 4.78 is 0. The van der Waals surface area contributed by atoms with Crippen molar-refractivity contribution in [1.29, 1.82) is 0 Å². The Labute approximate surface area is 193 Å². The molecular weight excluding hydrogens is 476 g/mol. The highest BCUT2D eigenvalue weighted by atomic mass is 16.4. The molecule has 0 aliphatic rings. The van der Waals surface area contributed by atoms with E-state index in [9.17, 15) is 4.79 Å². The van der Waals surface area contributed by atoms with Crippen LogP contribution in [0.25, 0.3) is 0 Å². The first-order valence-electron chi connectivity index (χ1n) is 9.70. The maximum atomic E-state index is 10.5. The fraction of sp³-hybridized carbons (Fsp3) is 0.941. The maximum Gasteiger partial charge on any atom is 0.189 e. The molecule has 0 saturated heterocycles. The van der Waals surface area contributed by atoms with Crippen molar-refractivity contribution in [2.75, 3.05) is 39.6 Å². The van der Waals surface area contributed by atoms with Crippen LogP contribution >= 0.6 is 0 Å². The number of carbonyl (C=O) groups is 1.